The van der Waals surface area contributed by atoms with E-state index < -0.39 is 46.8 Å². The van der Waals surface area contributed by atoms with Gasteiger partial charge >= 0.3 is 12.0 Å². The molecule has 1 aliphatic rings. The standard InChI is InChI=1S/C19H13F5N2O4/c1-8-5-6-26(19(28)25-8)10-7-9(3-4-11(10)29-2)18(27)30-17-15(23)13(21)12(20)14(22)16(17)24/h3-4,7H,1,5-6H2,2H3,(H,25,28). The van der Waals surface area contributed by atoms with Gasteiger partial charge in [0.1, 0.15) is 5.75 Å². The van der Waals surface area contributed by atoms with Crippen molar-refractivity contribution in [2.45, 2.75) is 6.42 Å². The zero-order chi connectivity index (χ0) is 22.2. The minimum atomic E-state index is -2.38. The third-order valence-corrected chi connectivity index (χ3v) is 4.24. The van der Waals surface area contributed by atoms with Gasteiger partial charge in [-0.2, -0.15) is 8.78 Å². The average molecular weight is 428 g/mol. The first-order chi connectivity index (χ1) is 14.1. The highest BCUT2D eigenvalue weighted by molar-refractivity contribution is 5.98. The zero-order valence-corrected chi connectivity index (χ0v) is 15.3. The number of halogens is 5. The molecule has 0 unspecified atom stereocenters. The van der Waals surface area contributed by atoms with Crippen LogP contribution in [-0.2, 0) is 0 Å². The van der Waals surface area contributed by atoms with Crippen LogP contribution in [-0.4, -0.2) is 25.7 Å². The molecule has 158 valence electrons. The van der Waals surface area contributed by atoms with E-state index in [1.807, 2.05) is 0 Å². The molecule has 0 radical (unpaired) electrons. The van der Waals surface area contributed by atoms with Crippen molar-refractivity contribution >= 4 is 17.7 Å². The Bertz CT molecular complexity index is 1040. The zero-order valence-electron chi connectivity index (χ0n) is 15.3. The summed E-state index contributed by atoms with van der Waals surface area (Å²) in [6, 6.07) is 2.98. The normalized spacial score (nSPS) is 13.9. The van der Waals surface area contributed by atoms with E-state index in [-0.39, 0.29) is 23.5 Å². The van der Waals surface area contributed by atoms with Gasteiger partial charge in [0.2, 0.25) is 34.8 Å². The first-order valence-corrected chi connectivity index (χ1v) is 8.33. The summed E-state index contributed by atoms with van der Waals surface area (Å²) in [6.45, 7) is 3.83. The Kier molecular flexibility index (Phi) is 5.63. The summed E-state index contributed by atoms with van der Waals surface area (Å²) < 4.78 is 76.9. The Morgan fingerprint density at radius 1 is 1.07 bits per heavy atom. The fourth-order valence-corrected chi connectivity index (χ4v) is 2.71. The number of nitrogens with one attached hydrogen (secondary N) is 1. The second-order valence-electron chi connectivity index (χ2n) is 6.11. The molecule has 0 bridgehead atoms. The molecule has 3 rings (SSSR count). The third-order valence-electron chi connectivity index (χ3n) is 4.24. The molecule has 1 aliphatic heterocycles. The Hall–Kier alpha value is -3.63. The molecule has 0 saturated carbocycles. The summed E-state index contributed by atoms with van der Waals surface area (Å²) in [7, 11) is 1.31. The number of ether oxygens (including phenoxy) is 2. The lowest BCUT2D eigenvalue weighted by Crippen LogP contribution is -2.45. The number of benzene rings is 2. The van der Waals surface area contributed by atoms with Gasteiger partial charge in [0.15, 0.2) is 0 Å². The van der Waals surface area contributed by atoms with E-state index in [2.05, 4.69) is 16.6 Å². The van der Waals surface area contributed by atoms with Crippen LogP contribution < -0.4 is 19.7 Å². The Morgan fingerprint density at radius 3 is 2.23 bits per heavy atom. The average Bonchev–Trinajstić information content (AvgIpc) is 2.73. The van der Waals surface area contributed by atoms with Crippen molar-refractivity contribution in [3.05, 3.63) is 65.1 Å². The minimum absolute atomic E-state index is 0.120. The third kappa shape index (κ3) is 3.65. The number of urea groups is 1. The predicted octanol–water partition coefficient (Wildman–Crippen LogP) is 4.04. The van der Waals surface area contributed by atoms with E-state index in [4.69, 9.17) is 4.74 Å². The molecular formula is C19H13F5N2O4. The van der Waals surface area contributed by atoms with Crippen molar-refractivity contribution < 1.29 is 41.0 Å². The van der Waals surface area contributed by atoms with Crippen LogP contribution >= 0.6 is 0 Å². The molecule has 0 atom stereocenters. The van der Waals surface area contributed by atoms with E-state index in [0.29, 0.717) is 12.1 Å². The summed E-state index contributed by atoms with van der Waals surface area (Å²) in [5, 5.41) is 2.50. The molecule has 0 aromatic heterocycles. The molecule has 11 heteroatoms. The predicted molar refractivity (Wildman–Crippen MR) is 93.8 cm³/mol. The molecule has 1 saturated heterocycles. The largest absolute Gasteiger partial charge is 0.495 e. The van der Waals surface area contributed by atoms with Gasteiger partial charge in [0, 0.05) is 18.7 Å². The molecular weight excluding hydrogens is 415 g/mol. The Balaban J connectivity index is 1.97. The van der Waals surface area contributed by atoms with Gasteiger partial charge in [-0.3, -0.25) is 4.90 Å². The van der Waals surface area contributed by atoms with Crippen LogP contribution in [0.15, 0.2) is 30.5 Å². The van der Waals surface area contributed by atoms with E-state index in [9.17, 15) is 31.5 Å². The lowest BCUT2D eigenvalue weighted by atomic mass is 10.1. The van der Waals surface area contributed by atoms with E-state index in [1.165, 1.54) is 18.1 Å². The number of nitrogens with zero attached hydrogens (tertiary/aromatic N) is 1. The van der Waals surface area contributed by atoms with Crippen LogP contribution in [0, 0.1) is 29.1 Å². The van der Waals surface area contributed by atoms with Crippen molar-refractivity contribution in [3.8, 4) is 11.5 Å². The van der Waals surface area contributed by atoms with Crippen molar-refractivity contribution in [3.63, 3.8) is 0 Å². The van der Waals surface area contributed by atoms with Crippen molar-refractivity contribution in [1.82, 2.24) is 5.32 Å². The monoisotopic (exact) mass is 428 g/mol. The molecule has 2 aromatic carbocycles. The number of amides is 2. The molecule has 0 aliphatic carbocycles. The first-order valence-electron chi connectivity index (χ1n) is 8.33. The van der Waals surface area contributed by atoms with Crippen LogP contribution in [0.1, 0.15) is 16.8 Å². The lowest BCUT2D eigenvalue weighted by molar-refractivity contribution is 0.0716. The van der Waals surface area contributed by atoms with E-state index >= 15 is 0 Å². The maximum atomic E-state index is 13.8. The van der Waals surface area contributed by atoms with Crippen LogP contribution in [0.2, 0.25) is 0 Å². The van der Waals surface area contributed by atoms with Crippen molar-refractivity contribution in [2.24, 2.45) is 0 Å². The lowest BCUT2D eigenvalue weighted by Gasteiger charge is -2.30. The second-order valence-corrected chi connectivity index (χ2v) is 6.11. The molecule has 2 amide bonds. The number of anilines is 1. The molecule has 6 nitrogen and oxygen atoms in total. The highest BCUT2D eigenvalue weighted by atomic mass is 19.2. The maximum absolute atomic E-state index is 13.8. The van der Waals surface area contributed by atoms with Gasteiger partial charge < -0.3 is 14.8 Å². The maximum Gasteiger partial charge on any atom is 0.343 e. The number of hydrogen-bond acceptors (Lipinski definition) is 4. The molecule has 30 heavy (non-hydrogen) atoms. The summed E-state index contributed by atoms with van der Waals surface area (Å²) >= 11 is 0. The van der Waals surface area contributed by atoms with Gasteiger partial charge in [-0.05, 0) is 18.2 Å². The number of esters is 1. The smallest absolute Gasteiger partial charge is 0.343 e. The topological polar surface area (TPSA) is 67.9 Å². The van der Waals surface area contributed by atoms with Gasteiger partial charge in [0.25, 0.3) is 0 Å². The van der Waals surface area contributed by atoms with Crippen LogP contribution in [0.3, 0.4) is 0 Å². The Labute approximate surface area is 166 Å². The van der Waals surface area contributed by atoms with E-state index in [1.54, 1.807) is 0 Å². The number of hydrogen-bond donors (Lipinski definition) is 1. The summed E-state index contributed by atoms with van der Waals surface area (Å²) in [6.07, 6.45) is 0.397. The first kappa shape index (κ1) is 21.1. The van der Waals surface area contributed by atoms with Gasteiger partial charge in [-0.1, -0.05) is 6.58 Å². The quantitative estimate of drug-likeness (QED) is 0.262. The highest BCUT2D eigenvalue weighted by Gasteiger charge is 2.30. The molecule has 0 spiro atoms. The number of methoxy groups -OCH3 is 1. The minimum Gasteiger partial charge on any atom is -0.495 e. The van der Waals surface area contributed by atoms with Crippen molar-refractivity contribution in [1.29, 1.82) is 0 Å². The number of rotatable bonds is 4. The summed E-state index contributed by atoms with van der Waals surface area (Å²) in [5.41, 5.74) is 0.276. The van der Waals surface area contributed by atoms with Gasteiger partial charge in [-0.15, -0.1) is 0 Å². The van der Waals surface area contributed by atoms with Crippen LogP contribution in [0.4, 0.5) is 32.4 Å². The Morgan fingerprint density at radius 2 is 1.67 bits per heavy atom. The summed E-state index contributed by atoms with van der Waals surface area (Å²) in [4.78, 5) is 25.8. The van der Waals surface area contributed by atoms with E-state index in [0.717, 1.165) is 12.1 Å². The molecule has 2 aromatic rings. The molecule has 1 heterocycles. The van der Waals surface area contributed by atoms with Crippen LogP contribution in [0.5, 0.6) is 11.5 Å². The van der Waals surface area contributed by atoms with Crippen LogP contribution in [0.25, 0.3) is 0 Å². The fourth-order valence-electron chi connectivity index (χ4n) is 2.71. The second kappa shape index (κ2) is 8.01. The van der Waals surface area contributed by atoms with Crippen molar-refractivity contribution in [2.75, 3.05) is 18.6 Å². The summed E-state index contributed by atoms with van der Waals surface area (Å²) in [5.74, 6) is -14.4. The SMILES string of the molecule is C=C1CCN(c2cc(C(=O)Oc3c(F)c(F)c(F)c(F)c3F)ccc2OC)C(=O)N1. The molecule has 1 fully saturated rings. The van der Waals surface area contributed by atoms with Gasteiger partial charge in [-0.25, -0.2) is 22.8 Å². The molecule has 1 N–H and O–H groups in total. The fraction of sp³-hybridized carbons (Fsp3) is 0.158. The number of carbonyl (C=O) groups excluding carboxylic acids is 2. The highest BCUT2D eigenvalue weighted by Crippen LogP contribution is 2.33. The van der Waals surface area contributed by atoms with Gasteiger partial charge in [0.05, 0.1) is 18.4 Å². The number of carbonyl (C=O) groups is 2.